The summed E-state index contributed by atoms with van der Waals surface area (Å²) in [5, 5.41) is 9.02. The Kier molecular flexibility index (Phi) is 3.61. The second-order valence-corrected chi connectivity index (χ2v) is 5.75. The zero-order valence-corrected chi connectivity index (χ0v) is 11.0. The van der Waals surface area contributed by atoms with E-state index in [9.17, 15) is 9.59 Å². The van der Waals surface area contributed by atoms with Gasteiger partial charge >= 0.3 is 5.97 Å². The molecule has 1 saturated heterocycles. The van der Waals surface area contributed by atoms with Crippen LogP contribution in [0.25, 0.3) is 0 Å². The molecule has 0 spiro atoms. The minimum atomic E-state index is -0.990. The highest BCUT2D eigenvalue weighted by atomic mass is 16.5. The summed E-state index contributed by atoms with van der Waals surface area (Å²) < 4.78 is 5.33. The van der Waals surface area contributed by atoms with Gasteiger partial charge in [0.05, 0.1) is 12.6 Å². The quantitative estimate of drug-likeness (QED) is 0.807. The molecule has 1 N–H and O–H groups in total. The Hall–Kier alpha value is -1.10. The van der Waals surface area contributed by atoms with E-state index in [4.69, 9.17) is 9.84 Å². The maximum Gasteiger partial charge on any atom is 0.334 e. The Morgan fingerprint density at radius 3 is 2.44 bits per heavy atom. The number of nitrogens with zero attached hydrogens (tertiary/aromatic N) is 1. The van der Waals surface area contributed by atoms with Crippen LogP contribution in [0.4, 0.5) is 0 Å². The first-order valence-corrected chi connectivity index (χ1v) is 6.60. The van der Waals surface area contributed by atoms with Crippen molar-refractivity contribution in [2.24, 2.45) is 5.41 Å². The van der Waals surface area contributed by atoms with Gasteiger partial charge in [0, 0.05) is 12.0 Å². The van der Waals surface area contributed by atoms with Gasteiger partial charge in [-0.15, -0.1) is 0 Å². The highest BCUT2D eigenvalue weighted by Gasteiger charge is 2.42. The summed E-state index contributed by atoms with van der Waals surface area (Å²) in [7, 11) is 0. The van der Waals surface area contributed by atoms with Gasteiger partial charge in [-0.1, -0.05) is 19.8 Å². The van der Waals surface area contributed by atoms with E-state index in [-0.39, 0.29) is 24.0 Å². The predicted molar refractivity (Wildman–Crippen MR) is 65.1 cm³/mol. The lowest BCUT2D eigenvalue weighted by Crippen LogP contribution is -2.54. The number of aliphatic carboxylic acids is 1. The molecule has 1 unspecified atom stereocenters. The molecule has 0 aromatic heterocycles. The van der Waals surface area contributed by atoms with Crippen LogP contribution in [-0.4, -0.2) is 47.2 Å². The van der Waals surface area contributed by atoms with Crippen LogP contribution in [0.5, 0.6) is 0 Å². The molecular formula is C13H21NO4. The molecule has 0 aromatic rings. The maximum absolute atomic E-state index is 12.5. The van der Waals surface area contributed by atoms with Crippen LogP contribution >= 0.6 is 0 Å². The van der Waals surface area contributed by atoms with E-state index in [1.165, 1.54) is 0 Å². The third kappa shape index (κ3) is 2.51. The second kappa shape index (κ2) is 4.88. The van der Waals surface area contributed by atoms with Crippen molar-refractivity contribution >= 4 is 11.9 Å². The summed E-state index contributed by atoms with van der Waals surface area (Å²) in [6.45, 7) is 4.48. The summed E-state index contributed by atoms with van der Waals surface area (Å²) in [5.74, 6) is -0.891. The molecule has 0 bridgehead atoms. The van der Waals surface area contributed by atoms with Gasteiger partial charge < -0.3 is 14.7 Å². The fourth-order valence-electron chi connectivity index (χ4n) is 3.00. The molecule has 1 aliphatic heterocycles. The number of morpholine rings is 1. The number of carbonyl (C=O) groups excluding carboxylic acids is 1. The first kappa shape index (κ1) is 13.3. The van der Waals surface area contributed by atoms with Crippen molar-refractivity contribution in [3.63, 3.8) is 0 Å². The van der Waals surface area contributed by atoms with E-state index in [1.807, 2.05) is 13.8 Å². The van der Waals surface area contributed by atoms with Crippen molar-refractivity contribution in [3.05, 3.63) is 0 Å². The van der Waals surface area contributed by atoms with Crippen molar-refractivity contribution in [2.45, 2.75) is 51.7 Å². The molecule has 5 nitrogen and oxygen atoms in total. The van der Waals surface area contributed by atoms with Crippen LogP contribution in [0.2, 0.25) is 0 Å². The highest BCUT2D eigenvalue weighted by Crippen LogP contribution is 2.39. The fourth-order valence-corrected chi connectivity index (χ4v) is 3.00. The third-order valence-corrected chi connectivity index (χ3v) is 4.05. The molecule has 2 aliphatic rings. The third-order valence-electron chi connectivity index (χ3n) is 4.05. The number of hydrogen-bond donors (Lipinski definition) is 1. The van der Waals surface area contributed by atoms with Gasteiger partial charge in [0.1, 0.15) is 0 Å². The van der Waals surface area contributed by atoms with Crippen LogP contribution < -0.4 is 0 Å². The number of carboxylic acids is 1. The Morgan fingerprint density at radius 1 is 1.28 bits per heavy atom. The number of rotatable bonds is 2. The molecule has 1 saturated carbocycles. The van der Waals surface area contributed by atoms with Crippen LogP contribution in [0.1, 0.15) is 39.5 Å². The molecule has 18 heavy (non-hydrogen) atoms. The molecule has 5 heteroatoms. The van der Waals surface area contributed by atoms with E-state index < -0.39 is 12.1 Å². The first-order valence-electron chi connectivity index (χ1n) is 6.60. The van der Waals surface area contributed by atoms with Crippen LogP contribution in [0.3, 0.4) is 0 Å². The van der Waals surface area contributed by atoms with Crippen LogP contribution in [0.15, 0.2) is 0 Å². The van der Waals surface area contributed by atoms with Gasteiger partial charge in [-0.3, -0.25) is 4.79 Å². The lowest BCUT2D eigenvalue weighted by atomic mass is 9.86. The van der Waals surface area contributed by atoms with E-state index in [0.29, 0.717) is 6.54 Å². The number of amides is 1. The fraction of sp³-hybridized carbons (Fsp3) is 0.846. The summed E-state index contributed by atoms with van der Waals surface area (Å²) in [6, 6.07) is 0. The summed E-state index contributed by atoms with van der Waals surface area (Å²) in [4.78, 5) is 25.2. The number of carbonyl (C=O) groups is 2. The smallest absolute Gasteiger partial charge is 0.334 e. The topological polar surface area (TPSA) is 66.8 Å². The van der Waals surface area contributed by atoms with Crippen molar-refractivity contribution in [3.8, 4) is 0 Å². The van der Waals surface area contributed by atoms with Gasteiger partial charge in [-0.25, -0.2) is 4.79 Å². The number of ether oxygens (including phenoxy) is 1. The van der Waals surface area contributed by atoms with Crippen LogP contribution in [0, 0.1) is 5.41 Å². The van der Waals surface area contributed by atoms with Gasteiger partial charge in [-0.2, -0.15) is 0 Å². The Balaban J connectivity index is 2.07. The normalized spacial score (nSPS) is 31.3. The van der Waals surface area contributed by atoms with E-state index in [0.717, 1.165) is 25.7 Å². The Morgan fingerprint density at radius 2 is 1.89 bits per heavy atom. The van der Waals surface area contributed by atoms with Crippen molar-refractivity contribution in [1.82, 2.24) is 4.90 Å². The summed E-state index contributed by atoms with van der Waals surface area (Å²) in [6.07, 6.45) is 2.90. The number of carboxylic acid groups (broad SMARTS) is 1. The first-order chi connectivity index (χ1) is 8.42. The SMILES string of the molecule is C[C@@H]1CN(C(=O)C2(C)CCCC2)CC(C(=O)O)O1. The zero-order chi connectivity index (χ0) is 13.3. The molecule has 0 aromatic carbocycles. The van der Waals surface area contributed by atoms with Gasteiger partial charge in [-0.05, 0) is 19.8 Å². The molecule has 2 atom stereocenters. The Labute approximate surface area is 107 Å². The summed E-state index contributed by atoms with van der Waals surface area (Å²) >= 11 is 0. The largest absolute Gasteiger partial charge is 0.479 e. The zero-order valence-electron chi connectivity index (χ0n) is 11.0. The highest BCUT2D eigenvalue weighted by molar-refractivity contribution is 5.83. The van der Waals surface area contributed by atoms with E-state index in [2.05, 4.69) is 0 Å². The standard InChI is InChI=1S/C13H21NO4/c1-9-7-14(8-10(18-9)11(15)16)12(17)13(2)5-3-4-6-13/h9-10H,3-8H2,1-2H3,(H,15,16)/t9-,10?/m1/s1. The molecule has 2 rings (SSSR count). The number of hydrogen-bond acceptors (Lipinski definition) is 3. The minimum Gasteiger partial charge on any atom is -0.479 e. The lowest BCUT2D eigenvalue weighted by Gasteiger charge is -2.39. The van der Waals surface area contributed by atoms with Crippen molar-refractivity contribution in [1.29, 1.82) is 0 Å². The molecular weight excluding hydrogens is 234 g/mol. The monoisotopic (exact) mass is 255 g/mol. The average Bonchev–Trinajstić information content (AvgIpc) is 2.75. The lowest BCUT2D eigenvalue weighted by molar-refractivity contribution is -0.169. The molecule has 2 fully saturated rings. The minimum absolute atomic E-state index is 0.0985. The molecule has 0 radical (unpaired) electrons. The average molecular weight is 255 g/mol. The molecule has 102 valence electrons. The molecule has 1 heterocycles. The molecule has 1 amide bonds. The predicted octanol–water partition coefficient (Wildman–Crippen LogP) is 1.27. The van der Waals surface area contributed by atoms with Gasteiger partial charge in [0.15, 0.2) is 6.10 Å². The Bertz CT molecular complexity index is 349. The second-order valence-electron chi connectivity index (χ2n) is 5.75. The van der Waals surface area contributed by atoms with E-state index >= 15 is 0 Å². The van der Waals surface area contributed by atoms with Crippen molar-refractivity contribution in [2.75, 3.05) is 13.1 Å². The maximum atomic E-state index is 12.5. The summed E-state index contributed by atoms with van der Waals surface area (Å²) in [5.41, 5.74) is -0.292. The van der Waals surface area contributed by atoms with Crippen molar-refractivity contribution < 1.29 is 19.4 Å². The van der Waals surface area contributed by atoms with Gasteiger partial charge in [0.2, 0.25) is 5.91 Å². The van der Waals surface area contributed by atoms with Crippen LogP contribution in [-0.2, 0) is 14.3 Å². The van der Waals surface area contributed by atoms with Gasteiger partial charge in [0.25, 0.3) is 0 Å². The molecule has 1 aliphatic carbocycles. The van der Waals surface area contributed by atoms with E-state index in [1.54, 1.807) is 4.90 Å².